The number of ether oxygens (including phenoxy) is 2. The van der Waals surface area contributed by atoms with Gasteiger partial charge in [-0.25, -0.2) is 13.8 Å². The van der Waals surface area contributed by atoms with Gasteiger partial charge in [-0.1, -0.05) is 26.0 Å². The summed E-state index contributed by atoms with van der Waals surface area (Å²) < 4.78 is 54.4. The second kappa shape index (κ2) is 12.1. The molecule has 0 heterocycles. The van der Waals surface area contributed by atoms with Gasteiger partial charge in [-0.3, -0.25) is 14.4 Å². The summed E-state index contributed by atoms with van der Waals surface area (Å²) in [5.41, 5.74) is -1.06. The van der Waals surface area contributed by atoms with Gasteiger partial charge in [0.15, 0.2) is 17.4 Å². The summed E-state index contributed by atoms with van der Waals surface area (Å²) in [5.74, 6) is -5.54. The van der Waals surface area contributed by atoms with Crippen LogP contribution in [0.15, 0.2) is 30.3 Å². The van der Waals surface area contributed by atoms with E-state index in [-0.39, 0.29) is 24.5 Å². The summed E-state index contributed by atoms with van der Waals surface area (Å²) in [7, 11) is 4.53. The fourth-order valence-electron chi connectivity index (χ4n) is 4.79. The summed E-state index contributed by atoms with van der Waals surface area (Å²) in [5, 5.41) is 3.86. The number of hydrogen-bond acceptors (Lipinski definition) is 5. The van der Waals surface area contributed by atoms with Crippen molar-refractivity contribution >= 4 is 11.8 Å². The molecule has 10 heteroatoms. The van der Waals surface area contributed by atoms with E-state index in [1.165, 1.54) is 19.3 Å². The molecule has 0 radical (unpaired) electrons. The minimum Gasteiger partial charge on any atom is -0.497 e. The molecule has 2 aromatic rings. The van der Waals surface area contributed by atoms with Gasteiger partial charge >= 0.3 is 0 Å². The molecule has 1 saturated carbocycles. The second-order valence-electron chi connectivity index (χ2n) is 10.1. The lowest BCUT2D eigenvalue weighted by molar-refractivity contribution is -0.184. The largest absolute Gasteiger partial charge is 0.497 e. The van der Waals surface area contributed by atoms with Crippen LogP contribution in [0.25, 0.3) is 0 Å². The number of hydroxylamine groups is 2. The van der Waals surface area contributed by atoms with Crippen LogP contribution in [-0.2, 0) is 16.2 Å². The third-order valence-corrected chi connectivity index (χ3v) is 7.68. The van der Waals surface area contributed by atoms with Crippen molar-refractivity contribution in [2.45, 2.75) is 52.6 Å². The minimum atomic E-state index is -1.57. The fraction of sp³-hybridized carbons (Fsp3) is 0.500. The van der Waals surface area contributed by atoms with Crippen molar-refractivity contribution in [3.8, 4) is 11.5 Å². The molecule has 1 aliphatic carbocycles. The zero-order chi connectivity index (χ0) is 28.1. The standard InChI is InChI=1S/C28H35F3N2O5/c1-6-28(26(35)33(3)37-5)13-11-27(2,12-14-28)17-32-25(34)20-15-21(29)24(23(31)22(20)30)38-16-18-7-9-19(36-4)10-8-18/h7-10,15H,6,11-14,16-17H2,1-5H3,(H,32,34)/t27-,28+. The van der Waals surface area contributed by atoms with E-state index in [0.29, 0.717) is 49.5 Å². The molecule has 0 spiro atoms. The number of hydrogen-bond donors (Lipinski definition) is 1. The summed E-state index contributed by atoms with van der Waals surface area (Å²) in [6.07, 6.45) is 3.11. The molecule has 0 atom stereocenters. The van der Waals surface area contributed by atoms with E-state index in [1.807, 2.05) is 13.8 Å². The number of carbonyl (C=O) groups excluding carboxylic acids is 2. The molecule has 1 fully saturated rings. The fourth-order valence-corrected chi connectivity index (χ4v) is 4.79. The molecule has 0 aromatic heterocycles. The maximum Gasteiger partial charge on any atom is 0.254 e. The van der Waals surface area contributed by atoms with E-state index in [1.54, 1.807) is 31.3 Å². The number of benzene rings is 2. The molecule has 1 aliphatic rings. The molecule has 3 rings (SSSR count). The molecule has 38 heavy (non-hydrogen) atoms. The van der Waals surface area contributed by atoms with Gasteiger partial charge in [0.1, 0.15) is 12.4 Å². The van der Waals surface area contributed by atoms with Crippen LogP contribution in [0.1, 0.15) is 61.9 Å². The predicted octanol–water partition coefficient (Wildman–Crippen LogP) is 5.42. The first-order chi connectivity index (χ1) is 18.0. The lowest BCUT2D eigenvalue weighted by Gasteiger charge is -2.44. The van der Waals surface area contributed by atoms with Crippen LogP contribution in [0.2, 0.25) is 0 Å². The highest BCUT2D eigenvalue weighted by Crippen LogP contribution is 2.48. The number of amides is 2. The molecule has 1 N–H and O–H groups in total. The Bertz CT molecular complexity index is 1150. The monoisotopic (exact) mass is 536 g/mol. The van der Waals surface area contributed by atoms with Crippen LogP contribution >= 0.6 is 0 Å². The first-order valence-corrected chi connectivity index (χ1v) is 12.5. The molecule has 2 aromatic carbocycles. The predicted molar refractivity (Wildman–Crippen MR) is 135 cm³/mol. The van der Waals surface area contributed by atoms with Gasteiger partial charge in [0.05, 0.1) is 25.2 Å². The lowest BCUT2D eigenvalue weighted by Crippen LogP contribution is -2.47. The van der Waals surface area contributed by atoms with E-state index in [9.17, 15) is 22.8 Å². The lowest BCUT2D eigenvalue weighted by atomic mass is 9.62. The Kier molecular flexibility index (Phi) is 9.30. The number of rotatable bonds is 10. The van der Waals surface area contributed by atoms with Crippen molar-refractivity contribution in [3.05, 3.63) is 58.9 Å². The highest BCUT2D eigenvalue weighted by atomic mass is 19.2. The maximum atomic E-state index is 14.8. The Balaban J connectivity index is 1.64. The first-order valence-electron chi connectivity index (χ1n) is 12.5. The Morgan fingerprint density at radius 3 is 2.21 bits per heavy atom. The van der Waals surface area contributed by atoms with Gasteiger partial charge in [-0.15, -0.1) is 0 Å². The molecule has 2 amide bonds. The van der Waals surface area contributed by atoms with Crippen molar-refractivity contribution in [1.82, 2.24) is 10.4 Å². The first kappa shape index (κ1) is 29.3. The quantitative estimate of drug-likeness (QED) is 0.324. The van der Waals surface area contributed by atoms with Gasteiger partial charge < -0.3 is 14.8 Å². The Morgan fingerprint density at radius 2 is 1.66 bits per heavy atom. The third kappa shape index (κ3) is 6.23. The SMILES string of the molecule is CC[C@]1(C(=O)N(C)OC)CC[C@@](C)(CNC(=O)c2cc(F)c(OCc3ccc(OC)cc3)c(F)c2F)CC1. The molecule has 0 aliphatic heterocycles. The zero-order valence-electron chi connectivity index (χ0n) is 22.5. The number of halogens is 3. The highest BCUT2D eigenvalue weighted by molar-refractivity contribution is 5.94. The van der Waals surface area contributed by atoms with E-state index in [2.05, 4.69) is 5.32 Å². The Hall–Kier alpha value is -3.27. The Labute approximate surface area is 221 Å². The van der Waals surface area contributed by atoms with E-state index < -0.39 is 40.1 Å². The van der Waals surface area contributed by atoms with Crippen LogP contribution in [0.3, 0.4) is 0 Å². The van der Waals surface area contributed by atoms with Crippen LogP contribution < -0.4 is 14.8 Å². The molecule has 0 unspecified atom stereocenters. The normalized spacial score (nSPS) is 21.1. The van der Waals surface area contributed by atoms with Gasteiger partial charge in [0.2, 0.25) is 5.82 Å². The molecular formula is C28H35F3N2O5. The summed E-state index contributed by atoms with van der Waals surface area (Å²) in [4.78, 5) is 30.6. The van der Waals surface area contributed by atoms with E-state index in [4.69, 9.17) is 14.3 Å². The third-order valence-electron chi connectivity index (χ3n) is 7.68. The average molecular weight is 537 g/mol. The minimum absolute atomic E-state index is 0.0871. The summed E-state index contributed by atoms with van der Waals surface area (Å²) in [6, 6.07) is 7.25. The smallest absolute Gasteiger partial charge is 0.254 e. The van der Waals surface area contributed by atoms with Gasteiger partial charge in [0, 0.05) is 13.6 Å². The van der Waals surface area contributed by atoms with E-state index >= 15 is 0 Å². The molecule has 208 valence electrons. The molecular weight excluding hydrogens is 501 g/mol. The average Bonchev–Trinajstić information content (AvgIpc) is 2.93. The molecule has 0 saturated heterocycles. The number of methoxy groups -OCH3 is 1. The van der Waals surface area contributed by atoms with Crippen LogP contribution in [0.5, 0.6) is 11.5 Å². The van der Waals surface area contributed by atoms with Crippen LogP contribution in [0, 0.1) is 28.3 Å². The number of carbonyl (C=O) groups is 2. The number of nitrogens with zero attached hydrogens (tertiary/aromatic N) is 1. The topological polar surface area (TPSA) is 77.1 Å². The molecule has 0 bridgehead atoms. The maximum absolute atomic E-state index is 14.8. The van der Waals surface area contributed by atoms with Gasteiger partial charge in [-0.05, 0) is 61.3 Å². The Morgan fingerprint density at radius 1 is 1.03 bits per heavy atom. The summed E-state index contributed by atoms with van der Waals surface area (Å²) >= 11 is 0. The zero-order valence-corrected chi connectivity index (χ0v) is 22.5. The van der Waals surface area contributed by atoms with Gasteiger partial charge in [-0.2, -0.15) is 4.39 Å². The number of nitrogens with one attached hydrogen (secondary N) is 1. The van der Waals surface area contributed by atoms with Crippen molar-refractivity contribution < 1.29 is 37.1 Å². The van der Waals surface area contributed by atoms with E-state index in [0.717, 1.165) is 0 Å². The van der Waals surface area contributed by atoms with Crippen LogP contribution in [-0.4, -0.2) is 44.7 Å². The van der Waals surface area contributed by atoms with Crippen molar-refractivity contribution in [3.63, 3.8) is 0 Å². The second-order valence-corrected chi connectivity index (χ2v) is 10.1. The van der Waals surface area contributed by atoms with Crippen molar-refractivity contribution in [2.24, 2.45) is 10.8 Å². The van der Waals surface area contributed by atoms with Crippen LogP contribution in [0.4, 0.5) is 13.2 Å². The molecule has 7 nitrogen and oxygen atoms in total. The van der Waals surface area contributed by atoms with Crippen molar-refractivity contribution in [2.75, 3.05) is 27.8 Å². The highest BCUT2D eigenvalue weighted by Gasteiger charge is 2.45. The van der Waals surface area contributed by atoms with Crippen molar-refractivity contribution in [1.29, 1.82) is 0 Å². The van der Waals surface area contributed by atoms with Gasteiger partial charge in [0.25, 0.3) is 11.8 Å². The summed E-state index contributed by atoms with van der Waals surface area (Å²) in [6.45, 7) is 3.88.